The molecule has 0 spiro atoms. The first kappa shape index (κ1) is 50.6. The minimum atomic E-state index is -4.18. The van der Waals surface area contributed by atoms with Gasteiger partial charge in [-0.05, 0) is 96.6 Å². The van der Waals surface area contributed by atoms with Crippen LogP contribution < -0.4 is 41.4 Å². The number of carbonyl (C=O) groups excluding carboxylic acids is 6. The van der Waals surface area contributed by atoms with Crippen molar-refractivity contribution in [2.45, 2.75) is 115 Å². The summed E-state index contributed by atoms with van der Waals surface area (Å²) in [5.41, 5.74) is 1.25. The van der Waals surface area contributed by atoms with Gasteiger partial charge in [0, 0.05) is 13.0 Å². The van der Waals surface area contributed by atoms with Crippen molar-refractivity contribution in [3.63, 3.8) is 0 Å². The first-order chi connectivity index (χ1) is 28.9. The molecule has 0 bridgehead atoms. The molecular weight excluding hydrogens is 829 g/mol. The Labute approximate surface area is 362 Å². The molecule has 8 N–H and O–H groups in total. The first-order valence-corrected chi connectivity index (χ1v) is 21.4. The van der Waals surface area contributed by atoms with E-state index in [9.17, 15) is 37.2 Å². The van der Waals surface area contributed by atoms with Crippen LogP contribution in [0, 0.1) is 26.2 Å². The molecule has 2 aromatic carbocycles. The molecule has 0 aliphatic carbocycles. The lowest BCUT2D eigenvalue weighted by molar-refractivity contribution is -0.216. The number of ether oxygens (including phenoxy) is 4. The molecule has 1 saturated heterocycles. The van der Waals surface area contributed by atoms with E-state index < -0.39 is 107 Å². The van der Waals surface area contributed by atoms with Gasteiger partial charge in [0.25, 0.3) is 10.0 Å². The van der Waals surface area contributed by atoms with Gasteiger partial charge in [-0.15, -0.1) is 0 Å². The summed E-state index contributed by atoms with van der Waals surface area (Å²) >= 11 is 0. The van der Waals surface area contributed by atoms with Gasteiger partial charge < -0.3 is 50.8 Å². The van der Waals surface area contributed by atoms with E-state index in [0.717, 1.165) is 0 Å². The molecule has 0 saturated carbocycles. The second-order valence-corrected chi connectivity index (χ2v) is 17.7. The fourth-order valence-electron chi connectivity index (χ4n) is 6.20. The van der Waals surface area contributed by atoms with Gasteiger partial charge in [-0.3, -0.25) is 34.2 Å². The number of amides is 5. The standard InChI is InChI=1S/C41H60N8O12S/c1-24-18-31(58-9)25(2)26(3)35(24)62(56,57)49-39(42)43-17-13-16-28-36(53)45-23-60-41(7,8)59-22-33(51)47-29(19-27-14-11-10-12-15-27)38(55)48-30(20-34(52)61-40(4,5)6)37(54)44-21-32(50)46-28/h10-12,14-15,18,28-30H,13,16-17,19-23H2,1-9H3,(H,44,54)(H,45,53)(H,46,50)(H,47,51)(H,48,55)(H3,42,43,49)/t28-,29+,30-/m0/s1. The Hall–Kier alpha value is -5.80. The summed E-state index contributed by atoms with van der Waals surface area (Å²) in [6, 6.07) is 6.34. The number of sulfonamides is 1. The highest BCUT2D eigenvalue weighted by atomic mass is 32.2. The van der Waals surface area contributed by atoms with Crippen LogP contribution in [0.4, 0.5) is 0 Å². The van der Waals surface area contributed by atoms with Crippen LogP contribution in [0.3, 0.4) is 0 Å². The third-order valence-electron chi connectivity index (χ3n) is 9.32. The van der Waals surface area contributed by atoms with E-state index in [0.29, 0.717) is 28.0 Å². The van der Waals surface area contributed by atoms with E-state index >= 15 is 0 Å². The van der Waals surface area contributed by atoms with Crippen LogP contribution >= 0.6 is 0 Å². The Balaban J connectivity index is 1.78. The van der Waals surface area contributed by atoms with E-state index in [2.05, 4.69) is 36.6 Å². The normalized spacial score (nSPS) is 19.8. The summed E-state index contributed by atoms with van der Waals surface area (Å²) in [5.74, 6) is -6.23. The van der Waals surface area contributed by atoms with E-state index in [4.69, 9.17) is 24.4 Å². The summed E-state index contributed by atoms with van der Waals surface area (Å²) in [5, 5.41) is 23.5. The predicted octanol–water partition coefficient (Wildman–Crippen LogP) is 0.605. The first-order valence-electron chi connectivity index (χ1n) is 19.9. The average Bonchev–Trinajstić information content (AvgIpc) is 3.17. The van der Waals surface area contributed by atoms with E-state index in [1.807, 2.05) is 0 Å². The van der Waals surface area contributed by atoms with Gasteiger partial charge >= 0.3 is 5.97 Å². The van der Waals surface area contributed by atoms with Crippen molar-refractivity contribution in [2.75, 3.05) is 33.5 Å². The van der Waals surface area contributed by atoms with E-state index in [1.54, 1.807) is 77.9 Å². The Morgan fingerprint density at radius 1 is 0.887 bits per heavy atom. The molecule has 0 radical (unpaired) electrons. The van der Waals surface area contributed by atoms with Crippen molar-refractivity contribution in [3.05, 3.63) is 58.7 Å². The van der Waals surface area contributed by atoms with Crippen LogP contribution in [0.25, 0.3) is 0 Å². The zero-order valence-electron chi connectivity index (χ0n) is 36.7. The average molecular weight is 889 g/mol. The number of esters is 1. The lowest BCUT2D eigenvalue weighted by Crippen LogP contribution is -2.56. The van der Waals surface area contributed by atoms with Crippen LogP contribution in [0.2, 0.25) is 0 Å². The fourth-order valence-corrected chi connectivity index (χ4v) is 7.69. The quantitative estimate of drug-likeness (QED) is 0.0666. The van der Waals surface area contributed by atoms with Gasteiger partial charge in [0.2, 0.25) is 35.5 Å². The van der Waals surface area contributed by atoms with E-state index in [1.165, 1.54) is 21.0 Å². The maximum Gasteiger partial charge on any atom is 0.308 e. The molecule has 21 heteroatoms. The molecule has 1 fully saturated rings. The Kier molecular flexibility index (Phi) is 18.2. The molecule has 1 aliphatic heterocycles. The topological polar surface area (TPSA) is 282 Å². The molecular formula is C41H60N8O12S. The highest BCUT2D eigenvalue weighted by Crippen LogP contribution is 2.30. The Bertz CT molecular complexity index is 2070. The molecule has 342 valence electrons. The number of rotatable bonds is 11. The predicted molar refractivity (Wildman–Crippen MR) is 226 cm³/mol. The number of methoxy groups -OCH3 is 1. The van der Waals surface area contributed by atoms with Crippen molar-refractivity contribution in [1.29, 1.82) is 5.41 Å². The summed E-state index contributed by atoms with van der Waals surface area (Å²) in [4.78, 5) is 79.9. The maximum absolute atomic E-state index is 13.8. The molecule has 20 nitrogen and oxygen atoms in total. The number of hydrogen-bond donors (Lipinski definition) is 8. The van der Waals surface area contributed by atoms with Gasteiger partial charge in [-0.1, -0.05) is 30.3 Å². The molecule has 3 atom stereocenters. The molecule has 5 amide bonds. The minimum Gasteiger partial charge on any atom is -0.496 e. The van der Waals surface area contributed by atoms with Crippen LogP contribution in [-0.2, 0) is 59.4 Å². The van der Waals surface area contributed by atoms with Crippen molar-refractivity contribution in [3.8, 4) is 5.75 Å². The monoisotopic (exact) mass is 888 g/mol. The number of nitrogens with one attached hydrogen (secondary N) is 8. The number of guanidine groups is 1. The largest absolute Gasteiger partial charge is 0.496 e. The van der Waals surface area contributed by atoms with E-state index in [-0.39, 0.29) is 30.7 Å². The smallest absolute Gasteiger partial charge is 0.308 e. The Morgan fingerprint density at radius 3 is 2.18 bits per heavy atom. The molecule has 0 unspecified atom stereocenters. The van der Waals surface area contributed by atoms with Crippen LogP contribution in [0.1, 0.15) is 76.1 Å². The second kappa shape index (κ2) is 22.3. The van der Waals surface area contributed by atoms with Crippen molar-refractivity contribution >= 4 is 51.5 Å². The van der Waals surface area contributed by atoms with Crippen LogP contribution in [-0.4, -0.2) is 113 Å². The lowest BCUT2D eigenvalue weighted by Gasteiger charge is -2.27. The molecule has 1 aliphatic rings. The molecule has 3 rings (SSSR count). The Morgan fingerprint density at radius 2 is 1.53 bits per heavy atom. The summed E-state index contributed by atoms with van der Waals surface area (Å²) in [6.45, 7) is 11.2. The lowest BCUT2D eigenvalue weighted by atomic mass is 10.0. The summed E-state index contributed by atoms with van der Waals surface area (Å²) in [6.07, 6.45) is -0.523. The summed E-state index contributed by atoms with van der Waals surface area (Å²) < 4.78 is 50.8. The van der Waals surface area contributed by atoms with Crippen molar-refractivity contribution in [2.24, 2.45) is 0 Å². The number of carbonyl (C=O) groups is 6. The van der Waals surface area contributed by atoms with Crippen molar-refractivity contribution < 1.29 is 56.1 Å². The van der Waals surface area contributed by atoms with Crippen LogP contribution in [0.15, 0.2) is 41.3 Å². The fraction of sp³-hybridized carbons (Fsp3) is 0.537. The number of aryl methyl sites for hydroxylation is 1. The van der Waals surface area contributed by atoms with Gasteiger partial charge in [0.1, 0.15) is 42.8 Å². The zero-order valence-corrected chi connectivity index (χ0v) is 37.5. The van der Waals surface area contributed by atoms with Gasteiger partial charge in [-0.25, -0.2) is 13.1 Å². The molecule has 2 aromatic rings. The summed E-state index contributed by atoms with van der Waals surface area (Å²) in [7, 11) is -2.70. The molecule has 1 heterocycles. The maximum atomic E-state index is 13.8. The molecule has 62 heavy (non-hydrogen) atoms. The third-order valence-corrected chi connectivity index (χ3v) is 11.0. The highest BCUT2D eigenvalue weighted by Gasteiger charge is 2.32. The van der Waals surface area contributed by atoms with Gasteiger partial charge in [-0.2, -0.15) is 0 Å². The molecule has 0 aromatic heterocycles. The van der Waals surface area contributed by atoms with Crippen molar-refractivity contribution in [1.82, 2.24) is 36.6 Å². The SMILES string of the molecule is COc1cc(C)c(S(=O)(=O)NC(=N)NCCC[C@@H]2NC(=O)CNC(=O)[C@H](CC(=O)OC(C)(C)C)NC(=O)[C@@H](Cc3ccccc3)NC(=O)COC(C)(C)OCNC2=O)c(C)c1C. The van der Waals surface area contributed by atoms with Crippen LogP contribution in [0.5, 0.6) is 5.75 Å². The zero-order chi connectivity index (χ0) is 46.4. The number of benzene rings is 2. The third kappa shape index (κ3) is 16.2. The number of hydrogen-bond acceptors (Lipinski definition) is 13. The minimum absolute atomic E-state index is 0.00396. The van der Waals surface area contributed by atoms with Gasteiger partial charge in [0.05, 0.1) is 25.0 Å². The highest BCUT2D eigenvalue weighted by molar-refractivity contribution is 7.90. The van der Waals surface area contributed by atoms with Gasteiger partial charge in [0.15, 0.2) is 5.79 Å². The second-order valence-electron chi connectivity index (χ2n) is 16.0.